The van der Waals surface area contributed by atoms with Gasteiger partial charge in [-0.05, 0) is 10.1 Å². The van der Waals surface area contributed by atoms with Gasteiger partial charge in [-0.3, -0.25) is 0 Å². The first-order valence-corrected chi connectivity index (χ1v) is 4.89. The van der Waals surface area contributed by atoms with Crippen LogP contribution in [0.3, 0.4) is 0 Å². The Hall–Kier alpha value is -0.120. The second-order valence-electron chi connectivity index (χ2n) is 3.19. The van der Waals surface area contributed by atoms with E-state index in [0.29, 0.717) is 6.61 Å². The maximum Gasteiger partial charge on any atom is 0.0838 e. The largest absolute Gasteiger partial charge is 0.396 e. The van der Waals surface area contributed by atoms with Crippen molar-refractivity contribution in [3.05, 3.63) is 22.2 Å². The average Bonchev–Trinajstić information content (AvgIpc) is 2.46. The molecule has 2 rings (SSSR count). The minimum atomic E-state index is 0.202. The Morgan fingerprint density at radius 1 is 1.58 bits per heavy atom. The van der Waals surface area contributed by atoms with Crippen LogP contribution >= 0.6 is 15.9 Å². The SMILES string of the molecule is OCC1COC2CC(Br)=CC=C12. The van der Waals surface area contributed by atoms with E-state index in [-0.39, 0.29) is 18.6 Å². The number of rotatable bonds is 1. The van der Waals surface area contributed by atoms with Gasteiger partial charge in [0, 0.05) is 12.3 Å². The zero-order chi connectivity index (χ0) is 8.55. The van der Waals surface area contributed by atoms with E-state index in [0.717, 1.165) is 6.42 Å². The minimum Gasteiger partial charge on any atom is -0.396 e. The van der Waals surface area contributed by atoms with Crippen molar-refractivity contribution in [2.75, 3.05) is 13.2 Å². The van der Waals surface area contributed by atoms with Crippen LogP contribution in [-0.2, 0) is 4.74 Å². The van der Waals surface area contributed by atoms with Crippen molar-refractivity contribution in [1.82, 2.24) is 0 Å². The van der Waals surface area contributed by atoms with Crippen molar-refractivity contribution in [3.63, 3.8) is 0 Å². The Morgan fingerprint density at radius 3 is 3.17 bits per heavy atom. The zero-order valence-electron chi connectivity index (χ0n) is 6.66. The molecule has 0 saturated carbocycles. The first-order chi connectivity index (χ1) is 5.81. The van der Waals surface area contributed by atoms with E-state index in [1.165, 1.54) is 10.1 Å². The summed E-state index contributed by atoms with van der Waals surface area (Å²) >= 11 is 3.44. The molecular weight excluding hydrogens is 220 g/mol. The molecule has 0 bridgehead atoms. The van der Waals surface area contributed by atoms with E-state index in [2.05, 4.69) is 22.0 Å². The number of allylic oxidation sites excluding steroid dienone is 2. The molecule has 0 spiro atoms. The van der Waals surface area contributed by atoms with Crippen molar-refractivity contribution in [2.45, 2.75) is 12.5 Å². The zero-order valence-corrected chi connectivity index (χ0v) is 8.25. The molecule has 1 aliphatic heterocycles. The Kier molecular flexibility index (Phi) is 2.35. The van der Waals surface area contributed by atoms with Gasteiger partial charge in [-0.2, -0.15) is 0 Å². The number of aliphatic hydroxyl groups excluding tert-OH is 1. The first-order valence-electron chi connectivity index (χ1n) is 4.10. The van der Waals surface area contributed by atoms with Crippen LogP contribution in [-0.4, -0.2) is 24.4 Å². The Balaban J connectivity index is 2.20. The van der Waals surface area contributed by atoms with Crippen LogP contribution in [0.15, 0.2) is 22.2 Å². The molecule has 2 aliphatic rings. The molecule has 0 aromatic heterocycles. The predicted octanol–water partition coefficient (Wildman–Crippen LogP) is 1.60. The van der Waals surface area contributed by atoms with Crippen molar-refractivity contribution in [3.8, 4) is 0 Å². The topological polar surface area (TPSA) is 29.5 Å². The quantitative estimate of drug-likeness (QED) is 0.742. The van der Waals surface area contributed by atoms with Crippen LogP contribution < -0.4 is 0 Å². The molecule has 1 heterocycles. The number of fused-ring (bicyclic) bond motifs is 1. The molecule has 1 N–H and O–H groups in total. The standard InChI is InChI=1S/C9H11BrO2/c10-7-1-2-8-6(4-11)5-12-9(8)3-7/h1-2,6,9,11H,3-5H2. The van der Waals surface area contributed by atoms with Crippen molar-refractivity contribution >= 4 is 15.9 Å². The molecule has 1 fully saturated rings. The van der Waals surface area contributed by atoms with Gasteiger partial charge in [0.15, 0.2) is 0 Å². The molecule has 2 atom stereocenters. The molecule has 1 aliphatic carbocycles. The van der Waals surface area contributed by atoms with Crippen LogP contribution in [0.1, 0.15) is 6.42 Å². The fourth-order valence-corrected chi connectivity index (χ4v) is 2.12. The second-order valence-corrected chi connectivity index (χ2v) is 4.20. The minimum absolute atomic E-state index is 0.202. The summed E-state index contributed by atoms with van der Waals surface area (Å²) in [5.41, 5.74) is 1.25. The van der Waals surface area contributed by atoms with Crippen molar-refractivity contribution < 1.29 is 9.84 Å². The maximum absolute atomic E-state index is 9.02. The van der Waals surface area contributed by atoms with Gasteiger partial charge in [0.05, 0.1) is 19.3 Å². The molecule has 66 valence electrons. The van der Waals surface area contributed by atoms with Gasteiger partial charge >= 0.3 is 0 Å². The number of hydrogen-bond acceptors (Lipinski definition) is 2. The van der Waals surface area contributed by atoms with Crippen LogP contribution in [0.4, 0.5) is 0 Å². The highest BCUT2D eigenvalue weighted by Gasteiger charge is 2.32. The lowest BCUT2D eigenvalue weighted by atomic mass is 9.94. The van der Waals surface area contributed by atoms with Gasteiger partial charge in [-0.1, -0.05) is 28.1 Å². The lowest BCUT2D eigenvalue weighted by Gasteiger charge is -2.16. The highest BCUT2D eigenvalue weighted by atomic mass is 79.9. The van der Waals surface area contributed by atoms with Crippen molar-refractivity contribution in [2.24, 2.45) is 5.92 Å². The summed E-state index contributed by atoms with van der Waals surface area (Å²) in [6.07, 6.45) is 5.24. The van der Waals surface area contributed by atoms with E-state index < -0.39 is 0 Å². The third kappa shape index (κ3) is 1.37. The molecule has 12 heavy (non-hydrogen) atoms. The van der Waals surface area contributed by atoms with Gasteiger partial charge in [-0.25, -0.2) is 0 Å². The van der Waals surface area contributed by atoms with Crippen LogP contribution in [0.5, 0.6) is 0 Å². The van der Waals surface area contributed by atoms with Crippen LogP contribution in [0.2, 0.25) is 0 Å². The number of hydrogen-bond donors (Lipinski definition) is 1. The molecular formula is C9H11BrO2. The van der Waals surface area contributed by atoms with Gasteiger partial charge in [0.1, 0.15) is 0 Å². The average molecular weight is 231 g/mol. The molecule has 2 nitrogen and oxygen atoms in total. The van der Waals surface area contributed by atoms with Gasteiger partial charge in [-0.15, -0.1) is 0 Å². The summed E-state index contributed by atoms with van der Waals surface area (Å²) in [6.45, 7) is 0.870. The summed E-state index contributed by atoms with van der Waals surface area (Å²) < 4.78 is 6.71. The van der Waals surface area contributed by atoms with E-state index in [9.17, 15) is 0 Å². The molecule has 0 radical (unpaired) electrons. The lowest BCUT2D eigenvalue weighted by Crippen LogP contribution is -2.13. The van der Waals surface area contributed by atoms with E-state index >= 15 is 0 Å². The number of aliphatic hydroxyl groups is 1. The van der Waals surface area contributed by atoms with Gasteiger partial charge in [0.25, 0.3) is 0 Å². The molecule has 0 amide bonds. The van der Waals surface area contributed by atoms with Gasteiger partial charge < -0.3 is 9.84 Å². The lowest BCUT2D eigenvalue weighted by molar-refractivity contribution is 0.107. The first kappa shape index (κ1) is 8.48. The fraction of sp³-hybridized carbons (Fsp3) is 0.556. The van der Waals surface area contributed by atoms with E-state index in [1.807, 2.05) is 6.08 Å². The normalized spacial score (nSPS) is 34.2. The van der Waals surface area contributed by atoms with E-state index in [1.54, 1.807) is 0 Å². The van der Waals surface area contributed by atoms with E-state index in [4.69, 9.17) is 9.84 Å². The highest BCUT2D eigenvalue weighted by molar-refractivity contribution is 9.11. The van der Waals surface area contributed by atoms with Crippen LogP contribution in [0, 0.1) is 5.92 Å². The third-order valence-electron chi connectivity index (χ3n) is 2.40. The Morgan fingerprint density at radius 2 is 2.42 bits per heavy atom. The Bertz CT molecular complexity index is 241. The molecule has 3 heteroatoms. The summed E-state index contributed by atoms with van der Waals surface area (Å²) in [4.78, 5) is 0. The highest BCUT2D eigenvalue weighted by Crippen LogP contribution is 2.34. The molecule has 0 aromatic carbocycles. The second kappa shape index (κ2) is 3.32. The smallest absolute Gasteiger partial charge is 0.0838 e. The summed E-state index contributed by atoms with van der Waals surface area (Å²) in [6, 6.07) is 0. The number of ether oxygens (including phenoxy) is 1. The van der Waals surface area contributed by atoms with Crippen LogP contribution in [0.25, 0.3) is 0 Å². The monoisotopic (exact) mass is 230 g/mol. The molecule has 2 unspecified atom stereocenters. The third-order valence-corrected chi connectivity index (χ3v) is 2.99. The van der Waals surface area contributed by atoms with Crippen molar-refractivity contribution in [1.29, 1.82) is 0 Å². The maximum atomic E-state index is 9.02. The Labute approximate surface area is 80.0 Å². The van der Waals surface area contributed by atoms with Gasteiger partial charge in [0.2, 0.25) is 0 Å². The summed E-state index contributed by atoms with van der Waals surface area (Å²) in [5, 5.41) is 9.02. The summed E-state index contributed by atoms with van der Waals surface area (Å²) in [5.74, 6) is 0.229. The number of halogens is 1. The summed E-state index contributed by atoms with van der Waals surface area (Å²) in [7, 11) is 0. The molecule has 1 saturated heterocycles. The molecule has 0 aromatic rings. The fourth-order valence-electron chi connectivity index (χ4n) is 1.70. The predicted molar refractivity (Wildman–Crippen MR) is 50.0 cm³/mol.